The number of hydrogen-bond donors (Lipinski definition) is 1. The van der Waals surface area contributed by atoms with Gasteiger partial charge in [-0.2, -0.15) is 0 Å². The van der Waals surface area contributed by atoms with Crippen LogP contribution in [0.2, 0.25) is 0 Å². The fourth-order valence-corrected chi connectivity index (χ4v) is 5.43. The van der Waals surface area contributed by atoms with E-state index in [4.69, 9.17) is 10.5 Å². The lowest BCUT2D eigenvalue weighted by Gasteiger charge is -2.11. The number of nitrogens with two attached hydrogens (primary N) is 1. The Morgan fingerprint density at radius 1 is 1.08 bits per heavy atom. The minimum Gasteiger partial charge on any atom is -0.465 e. The molecule has 2 N–H and O–H groups in total. The number of benzene rings is 2. The van der Waals surface area contributed by atoms with Crippen molar-refractivity contribution < 1.29 is 17.9 Å². The summed E-state index contributed by atoms with van der Waals surface area (Å²) in [4.78, 5) is 12.5. The Kier molecular flexibility index (Phi) is 4.19. The largest absolute Gasteiger partial charge is 0.465 e. The molecule has 126 valence electrons. The fraction of sp³-hybridized carbons (Fsp3) is 0.278. The van der Waals surface area contributed by atoms with Crippen LogP contribution in [0.4, 0.5) is 0 Å². The van der Waals surface area contributed by atoms with E-state index in [1.807, 2.05) is 6.07 Å². The van der Waals surface area contributed by atoms with E-state index >= 15 is 0 Å². The molecular formula is C18H19NO4S. The second kappa shape index (κ2) is 6.03. The van der Waals surface area contributed by atoms with E-state index in [2.05, 4.69) is 0 Å². The Bertz CT molecular complexity index is 836. The summed E-state index contributed by atoms with van der Waals surface area (Å²) in [5.74, 6) is -1.30. The van der Waals surface area contributed by atoms with Crippen LogP contribution in [0.25, 0.3) is 0 Å². The van der Waals surface area contributed by atoms with Crippen molar-refractivity contribution in [3.05, 3.63) is 66.2 Å². The molecule has 0 bridgehead atoms. The summed E-state index contributed by atoms with van der Waals surface area (Å²) in [6.07, 6.45) is 0. The first-order chi connectivity index (χ1) is 11.4. The van der Waals surface area contributed by atoms with Gasteiger partial charge < -0.3 is 10.5 Å². The van der Waals surface area contributed by atoms with Gasteiger partial charge in [-0.25, -0.2) is 13.2 Å². The number of carbonyl (C=O) groups is 1. The first-order valence-electron chi connectivity index (χ1n) is 7.74. The Hall–Kier alpha value is -2.18. The van der Waals surface area contributed by atoms with Crippen molar-refractivity contribution in [1.29, 1.82) is 0 Å². The molecule has 1 fully saturated rings. The highest BCUT2D eigenvalue weighted by atomic mass is 32.2. The zero-order chi connectivity index (χ0) is 17.4. The van der Waals surface area contributed by atoms with Crippen LogP contribution in [-0.2, 0) is 19.4 Å². The molecule has 0 amide bonds. The molecule has 0 aromatic heterocycles. The van der Waals surface area contributed by atoms with Crippen molar-refractivity contribution in [1.82, 2.24) is 0 Å². The molecule has 6 heteroatoms. The maximum atomic E-state index is 13.0. The maximum Gasteiger partial charge on any atom is 0.328 e. The Labute approximate surface area is 141 Å². The fourth-order valence-electron chi connectivity index (χ4n) is 3.18. The van der Waals surface area contributed by atoms with Gasteiger partial charge in [0.15, 0.2) is 9.84 Å². The van der Waals surface area contributed by atoms with Crippen molar-refractivity contribution >= 4 is 15.8 Å². The summed E-state index contributed by atoms with van der Waals surface area (Å²) in [6, 6.07) is 17.1. The van der Waals surface area contributed by atoms with Crippen LogP contribution in [0.5, 0.6) is 0 Å². The number of ether oxygens (including phenoxy) is 1. The molecule has 1 aliphatic rings. The molecule has 0 aliphatic heterocycles. The van der Waals surface area contributed by atoms with Gasteiger partial charge in [0.1, 0.15) is 10.8 Å². The molecule has 2 aromatic carbocycles. The third kappa shape index (κ3) is 2.52. The number of esters is 1. The van der Waals surface area contributed by atoms with E-state index in [-0.39, 0.29) is 11.5 Å². The normalized spacial score (nSPS) is 25.9. The van der Waals surface area contributed by atoms with Crippen molar-refractivity contribution in [2.24, 2.45) is 5.73 Å². The van der Waals surface area contributed by atoms with Crippen LogP contribution in [0.3, 0.4) is 0 Å². The zero-order valence-corrected chi connectivity index (χ0v) is 14.1. The van der Waals surface area contributed by atoms with Crippen molar-refractivity contribution in [3.8, 4) is 0 Å². The zero-order valence-electron chi connectivity index (χ0n) is 13.3. The second-order valence-electron chi connectivity index (χ2n) is 5.82. The molecule has 0 saturated heterocycles. The molecule has 0 heterocycles. The summed E-state index contributed by atoms with van der Waals surface area (Å²) in [5.41, 5.74) is 5.42. The number of hydrogen-bond acceptors (Lipinski definition) is 5. The minimum absolute atomic E-state index is 0.150. The highest BCUT2D eigenvalue weighted by Gasteiger charge is 2.74. The monoisotopic (exact) mass is 345 g/mol. The first-order valence-corrected chi connectivity index (χ1v) is 9.28. The molecule has 0 spiro atoms. The molecule has 2 aromatic rings. The molecular weight excluding hydrogens is 326 g/mol. The Balaban J connectivity index is 2.06. The SMILES string of the molecule is CCOC(=O)[C@@]1(N)[C@@H](c2ccccc2)[C@@H]1S(=O)(=O)c1ccccc1. The van der Waals surface area contributed by atoms with Crippen molar-refractivity contribution in [3.63, 3.8) is 0 Å². The van der Waals surface area contributed by atoms with Gasteiger partial charge in [-0.15, -0.1) is 0 Å². The van der Waals surface area contributed by atoms with E-state index in [0.717, 1.165) is 5.56 Å². The van der Waals surface area contributed by atoms with E-state index in [0.29, 0.717) is 0 Å². The third-order valence-electron chi connectivity index (χ3n) is 4.37. The predicted octanol–water partition coefficient (Wildman–Crippen LogP) is 1.89. The van der Waals surface area contributed by atoms with E-state index in [1.165, 1.54) is 12.1 Å². The summed E-state index contributed by atoms with van der Waals surface area (Å²) in [6.45, 7) is 1.82. The molecule has 5 nitrogen and oxygen atoms in total. The number of rotatable bonds is 5. The average molecular weight is 345 g/mol. The van der Waals surface area contributed by atoms with Crippen LogP contribution < -0.4 is 5.73 Å². The molecule has 3 atom stereocenters. The van der Waals surface area contributed by atoms with Crippen LogP contribution in [0.15, 0.2) is 65.6 Å². The van der Waals surface area contributed by atoms with Crippen LogP contribution in [0, 0.1) is 0 Å². The molecule has 0 radical (unpaired) electrons. The lowest BCUT2D eigenvalue weighted by atomic mass is 10.1. The van der Waals surface area contributed by atoms with Crippen LogP contribution in [0.1, 0.15) is 18.4 Å². The van der Waals surface area contributed by atoms with Crippen LogP contribution in [-0.4, -0.2) is 31.8 Å². The van der Waals surface area contributed by atoms with E-state index < -0.39 is 32.5 Å². The molecule has 3 rings (SSSR count). The van der Waals surface area contributed by atoms with Gasteiger partial charge >= 0.3 is 5.97 Å². The molecule has 0 unspecified atom stereocenters. The number of sulfone groups is 1. The lowest BCUT2D eigenvalue weighted by Crippen LogP contribution is -2.41. The van der Waals surface area contributed by atoms with E-state index in [9.17, 15) is 13.2 Å². The summed E-state index contributed by atoms with van der Waals surface area (Å²) < 4.78 is 31.1. The van der Waals surface area contributed by atoms with Gasteiger partial charge in [0.05, 0.1) is 11.5 Å². The topological polar surface area (TPSA) is 86.5 Å². The Morgan fingerprint density at radius 3 is 2.17 bits per heavy atom. The average Bonchev–Trinajstić information content (AvgIpc) is 3.25. The lowest BCUT2D eigenvalue weighted by molar-refractivity contribution is -0.145. The van der Waals surface area contributed by atoms with Gasteiger partial charge in [-0.05, 0) is 24.6 Å². The highest BCUT2D eigenvalue weighted by Crippen LogP contribution is 2.56. The van der Waals surface area contributed by atoms with Gasteiger partial charge in [-0.1, -0.05) is 48.5 Å². The predicted molar refractivity (Wildman–Crippen MR) is 90.2 cm³/mol. The summed E-state index contributed by atoms with van der Waals surface area (Å²) in [5, 5.41) is -1.03. The van der Waals surface area contributed by atoms with Crippen molar-refractivity contribution in [2.75, 3.05) is 6.61 Å². The van der Waals surface area contributed by atoms with Crippen molar-refractivity contribution in [2.45, 2.75) is 28.5 Å². The van der Waals surface area contributed by atoms with Gasteiger partial charge in [0.25, 0.3) is 0 Å². The third-order valence-corrected chi connectivity index (χ3v) is 6.63. The molecule has 1 aliphatic carbocycles. The Morgan fingerprint density at radius 2 is 1.62 bits per heavy atom. The summed E-state index contributed by atoms with van der Waals surface area (Å²) >= 11 is 0. The molecule has 1 saturated carbocycles. The van der Waals surface area contributed by atoms with Gasteiger partial charge in [-0.3, -0.25) is 0 Å². The highest BCUT2D eigenvalue weighted by molar-refractivity contribution is 7.92. The first kappa shape index (κ1) is 16.7. The minimum atomic E-state index is -3.76. The quantitative estimate of drug-likeness (QED) is 0.836. The van der Waals surface area contributed by atoms with Gasteiger partial charge in [0, 0.05) is 5.92 Å². The number of carbonyl (C=O) groups excluding carboxylic acids is 1. The van der Waals surface area contributed by atoms with E-state index in [1.54, 1.807) is 49.4 Å². The smallest absolute Gasteiger partial charge is 0.328 e. The summed E-state index contributed by atoms with van der Waals surface area (Å²) in [7, 11) is -3.76. The standard InChI is InChI=1S/C18H19NO4S/c1-2-23-17(20)18(19)15(13-9-5-3-6-10-13)16(18)24(21,22)14-11-7-4-8-12-14/h3-12,15-16H,2,19H2,1H3/t15-,16-,18+/m0/s1. The second-order valence-corrected chi connectivity index (χ2v) is 7.89. The van der Waals surface area contributed by atoms with Crippen LogP contribution >= 0.6 is 0 Å². The van der Waals surface area contributed by atoms with Gasteiger partial charge in [0.2, 0.25) is 0 Å². The molecule has 24 heavy (non-hydrogen) atoms. The maximum absolute atomic E-state index is 13.0.